The molecular formula is C26H25NO6. The molecule has 1 aliphatic carbocycles. The van der Waals surface area contributed by atoms with Crippen molar-refractivity contribution >= 4 is 16.9 Å². The van der Waals surface area contributed by atoms with Crippen molar-refractivity contribution in [2.24, 2.45) is 0 Å². The Morgan fingerprint density at radius 3 is 2.61 bits per heavy atom. The van der Waals surface area contributed by atoms with E-state index in [-0.39, 0.29) is 42.3 Å². The van der Waals surface area contributed by atoms with Crippen LogP contribution >= 0.6 is 0 Å². The van der Waals surface area contributed by atoms with Crippen molar-refractivity contribution in [2.45, 2.75) is 50.7 Å². The van der Waals surface area contributed by atoms with Crippen molar-refractivity contribution in [3.05, 3.63) is 93.5 Å². The first kappa shape index (κ1) is 21.4. The summed E-state index contributed by atoms with van der Waals surface area (Å²) in [6, 6.07) is 14.7. The van der Waals surface area contributed by atoms with E-state index in [4.69, 9.17) is 13.9 Å². The molecule has 1 amide bonds. The lowest BCUT2D eigenvalue weighted by Gasteiger charge is -2.29. The lowest BCUT2D eigenvalue weighted by Crippen LogP contribution is -2.34. The van der Waals surface area contributed by atoms with Crippen LogP contribution in [0.2, 0.25) is 0 Å². The van der Waals surface area contributed by atoms with E-state index in [1.165, 1.54) is 6.26 Å². The van der Waals surface area contributed by atoms with Crippen molar-refractivity contribution in [1.82, 2.24) is 5.32 Å². The summed E-state index contributed by atoms with van der Waals surface area (Å²) in [4.78, 5) is 25.9. The highest BCUT2D eigenvalue weighted by Crippen LogP contribution is 2.32. The van der Waals surface area contributed by atoms with Crippen molar-refractivity contribution in [3.8, 4) is 0 Å². The highest BCUT2D eigenvalue weighted by molar-refractivity contribution is 5.92. The number of nitrogens with one attached hydrogen (secondary N) is 1. The van der Waals surface area contributed by atoms with Gasteiger partial charge in [0, 0.05) is 23.9 Å². The first-order chi connectivity index (χ1) is 16.1. The van der Waals surface area contributed by atoms with Crippen LogP contribution in [-0.2, 0) is 27.5 Å². The number of para-hydroxylation sites is 1. The van der Waals surface area contributed by atoms with E-state index < -0.39 is 6.29 Å². The number of rotatable bonds is 7. The van der Waals surface area contributed by atoms with Gasteiger partial charge >= 0.3 is 0 Å². The van der Waals surface area contributed by atoms with Crippen molar-refractivity contribution in [3.63, 3.8) is 0 Å². The number of aliphatic hydroxyl groups is 1. The first-order valence-electron chi connectivity index (χ1n) is 11.1. The predicted molar refractivity (Wildman–Crippen MR) is 121 cm³/mol. The molecule has 1 aromatic heterocycles. The Labute approximate surface area is 190 Å². The molecule has 7 heteroatoms. The largest absolute Gasteiger partial charge is 0.464 e. The number of amides is 1. The molecule has 0 unspecified atom stereocenters. The van der Waals surface area contributed by atoms with Gasteiger partial charge < -0.3 is 24.3 Å². The zero-order chi connectivity index (χ0) is 22.8. The number of carbonyl (C=O) groups excluding carboxylic acids is 1. The zero-order valence-electron chi connectivity index (χ0n) is 18.0. The van der Waals surface area contributed by atoms with E-state index in [1.807, 2.05) is 30.3 Å². The Balaban J connectivity index is 1.40. The summed E-state index contributed by atoms with van der Waals surface area (Å²) in [6.45, 7) is 0.250. The third kappa shape index (κ3) is 4.84. The fourth-order valence-electron chi connectivity index (χ4n) is 3.90. The van der Waals surface area contributed by atoms with E-state index in [0.717, 1.165) is 24.0 Å². The second-order valence-electron chi connectivity index (χ2n) is 8.47. The summed E-state index contributed by atoms with van der Waals surface area (Å²) in [5.74, 6) is -0.527. The lowest BCUT2D eigenvalue weighted by molar-refractivity contribution is -0.150. The average molecular weight is 447 g/mol. The molecule has 2 aliphatic rings. The van der Waals surface area contributed by atoms with Gasteiger partial charge in [0.1, 0.15) is 5.58 Å². The molecule has 33 heavy (non-hydrogen) atoms. The van der Waals surface area contributed by atoms with E-state index in [9.17, 15) is 14.7 Å². The van der Waals surface area contributed by atoms with Crippen LogP contribution in [0.15, 0.2) is 75.8 Å². The van der Waals surface area contributed by atoms with E-state index in [1.54, 1.807) is 24.3 Å². The monoisotopic (exact) mass is 447 g/mol. The Bertz CT molecular complexity index is 1240. The maximum absolute atomic E-state index is 13.1. The standard InChI is InChI=1S/C26H25NO6/c28-13-16-5-7-17(8-6-16)14-32-24-12-18(11-23(33-24)26(30)27-19-9-10-19)21-15-31-22-4-2-1-3-20(22)25(21)29/h1-8,11,15,18-19,24,28H,9-10,12-14H2,(H,27,30)/t18-,24+/m0/s1. The van der Waals surface area contributed by atoms with E-state index in [2.05, 4.69) is 5.32 Å². The average Bonchev–Trinajstić information content (AvgIpc) is 3.67. The fourth-order valence-corrected chi connectivity index (χ4v) is 3.90. The highest BCUT2D eigenvalue weighted by atomic mass is 16.7. The summed E-state index contributed by atoms with van der Waals surface area (Å²) in [6.07, 6.45) is 4.75. The maximum atomic E-state index is 13.1. The third-order valence-corrected chi connectivity index (χ3v) is 5.94. The quantitative estimate of drug-likeness (QED) is 0.575. The number of benzene rings is 2. The minimum absolute atomic E-state index is 0.0207. The maximum Gasteiger partial charge on any atom is 0.286 e. The second kappa shape index (κ2) is 9.21. The minimum atomic E-state index is -0.705. The topological polar surface area (TPSA) is 98.0 Å². The molecule has 5 rings (SSSR count). The molecular weight excluding hydrogens is 422 g/mol. The Kier molecular flexibility index (Phi) is 5.98. The van der Waals surface area contributed by atoms with Crippen LogP contribution in [0.1, 0.15) is 41.9 Å². The summed E-state index contributed by atoms with van der Waals surface area (Å²) in [5, 5.41) is 12.6. The highest BCUT2D eigenvalue weighted by Gasteiger charge is 2.33. The third-order valence-electron chi connectivity index (χ3n) is 5.94. The Hall–Kier alpha value is -3.42. The Morgan fingerprint density at radius 2 is 1.85 bits per heavy atom. The van der Waals surface area contributed by atoms with Gasteiger partial charge in [-0.25, -0.2) is 0 Å². The van der Waals surface area contributed by atoms with E-state index >= 15 is 0 Å². The molecule has 170 valence electrons. The van der Waals surface area contributed by atoms with Gasteiger partial charge in [-0.3, -0.25) is 9.59 Å². The molecule has 1 saturated carbocycles. The molecule has 0 saturated heterocycles. The summed E-state index contributed by atoms with van der Waals surface area (Å²) in [5.41, 5.74) is 2.59. The summed E-state index contributed by atoms with van der Waals surface area (Å²) < 4.78 is 17.6. The van der Waals surface area contributed by atoms with Gasteiger partial charge in [-0.05, 0) is 42.2 Å². The SMILES string of the molecule is O=C(NC1CC1)C1=C[C@H](c2coc3ccccc3c2=O)C[C@H](OCc2ccc(CO)cc2)O1. The molecule has 2 aromatic carbocycles. The molecule has 0 spiro atoms. The van der Waals surface area contributed by atoms with Gasteiger partial charge in [-0.2, -0.15) is 0 Å². The van der Waals surface area contributed by atoms with E-state index in [0.29, 0.717) is 23.0 Å². The summed E-state index contributed by atoms with van der Waals surface area (Å²) >= 11 is 0. The number of fused-ring (bicyclic) bond motifs is 1. The molecule has 3 aromatic rings. The molecule has 7 nitrogen and oxygen atoms in total. The normalized spacial score (nSPS) is 20.2. The Morgan fingerprint density at radius 1 is 1.09 bits per heavy atom. The van der Waals surface area contributed by atoms with Gasteiger partial charge in [-0.1, -0.05) is 36.4 Å². The number of carbonyl (C=O) groups is 1. The summed E-state index contributed by atoms with van der Waals surface area (Å²) in [7, 11) is 0. The van der Waals surface area contributed by atoms with Crippen molar-refractivity contribution in [1.29, 1.82) is 0 Å². The minimum Gasteiger partial charge on any atom is -0.464 e. The fraction of sp³-hybridized carbons (Fsp3) is 0.308. The number of ether oxygens (including phenoxy) is 2. The number of allylic oxidation sites excluding steroid dienone is 1. The van der Waals surface area contributed by atoms with Crippen LogP contribution in [0.25, 0.3) is 11.0 Å². The van der Waals surface area contributed by atoms with Crippen LogP contribution in [0.4, 0.5) is 0 Å². The zero-order valence-corrected chi connectivity index (χ0v) is 18.0. The van der Waals surface area contributed by atoms with Gasteiger partial charge in [0.15, 0.2) is 11.2 Å². The first-order valence-corrected chi connectivity index (χ1v) is 11.1. The molecule has 2 N–H and O–H groups in total. The van der Waals surface area contributed by atoms with Crippen molar-refractivity contribution < 1.29 is 23.8 Å². The molecule has 1 aliphatic heterocycles. The smallest absolute Gasteiger partial charge is 0.286 e. The van der Waals surface area contributed by atoms with Gasteiger partial charge in [0.2, 0.25) is 6.29 Å². The van der Waals surface area contributed by atoms with Crippen molar-refractivity contribution in [2.75, 3.05) is 0 Å². The van der Waals surface area contributed by atoms with Gasteiger partial charge in [0.05, 0.1) is 24.9 Å². The van der Waals surface area contributed by atoms with Crippen LogP contribution in [0.5, 0.6) is 0 Å². The number of hydrogen-bond acceptors (Lipinski definition) is 6. The second-order valence-corrected chi connectivity index (χ2v) is 8.47. The van der Waals surface area contributed by atoms with Crippen LogP contribution < -0.4 is 10.7 Å². The molecule has 2 atom stereocenters. The molecule has 2 heterocycles. The van der Waals surface area contributed by atoms with Crippen LogP contribution in [0, 0.1) is 0 Å². The van der Waals surface area contributed by atoms with Crippen LogP contribution in [0.3, 0.4) is 0 Å². The van der Waals surface area contributed by atoms with Gasteiger partial charge in [-0.15, -0.1) is 0 Å². The molecule has 0 bridgehead atoms. The number of aliphatic hydroxyl groups excluding tert-OH is 1. The number of hydrogen-bond donors (Lipinski definition) is 2. The van der Waals surface area contributed by atoms with Crippen LogP contribution in [-0.4, -0.2) is 23.3 Å². The lowest BCUT2D eigenvalue weighted by atomic mass is 9.93. The molecule has 1 fully saturated rings. The molecule has 0 radical (unpaired) electrons. The predicted octanol–water partition coefficient (Wildman–Crippen LogP) is 3.49. The van der Waals surface area contributed by atoms with Gasteiger partial charge in [0.25, 0.3) is 5.91 Å².